The number of aliphatic hydroxyl groups is 1. The van der Waals surface area contributed by atoms with Gasteiger partial charge in [0, 0.05) is 7.11 Å². The van der Waals surface area contributed by atoms with Gasteiger partial charge >= 0.3 is 0 Å². The van der Waals surface area contributed by atoms with Gasteiger partial charge < -0.3 is 15.2 Å². The van der Waals surface area contributed by atoms with Crippen LogP contribution in [0.3, 0.4) is 0 Å². The van der Waals surface area contributed by atoms with Gasteiger partial charge in [0.2, 0.25) is 0 Å². The molecule has 2 aromatic rings. The highest BCUT2D eigenvalue weighted by molar-refractivity contribution is 5.56. The first kappa shape index (κ1) is 24.3. The second kappa shape index (κ2) is 19.1. The van der Waals surface area contributed by atoms with Crippen LogP contribution < -0.4 is 5.32 Å². The van der Waals surface area contributed by atoms with E-state index in [0.717, 1.165) is 26.4 Å². The topological polar surface area (TPSA) is 49.3 Å². The maximum absolute atomic E-state index is 9.83. The van der Waals surface area contributed by atoms with Crippen LogP contribution >= 0.6 is 0 Å². The lowest BCUT2D eigenvalue weighted by Crippen LogP contribution is -2.26. The molecule has 0 aromatic heterocycles. The molecular formula is C21H33NO2. The Balaban J connectivity index is 0. The monoisotopic (exact) mass is 331 g/mol. The molecule has 0 bridgehead atoms. The van der Waals surface area contributed by atoms with Gasteiger partial charge in [-0.2, -0.15) is 0 Å². The summed E-state index contributed by atoms with van der Waals surface area (Å²) in [6.07, 6.45) is 1.92. The third-order valence-electron chi connectivity index (χ3n) is 2.82. The van der Waals surface area contributed by atoms with Crippen molar-refractivity contribution in [3.05, 3.63) is 71.8 Å². The average molecular weight is 332 g/mol. The summed E-state index contributed by atoms with van der Waals surface area (Å²) < 4.78 is 0. The van der Waals surface area contributed by atoms with Crippen molar-refractivity contribution in [3.8, 4) is 0 Å². The molecule has 0 spiro atoms. The lowest BCUT2D eigenvalue weighted by Gasteiger charge is -2.00. The Morgan fingerprint density at radius 1 is 0.917 bits per heavy atom. The summed E-state index contributed by atoms with van der Waals surface area (Å²) in [5.74, 6) is 0. The third kappa shape index (κ3) is 13.7. The molecule has 0 heterocycles. The van der Waals surface area contributed by atoms with Gasteiger partial charge in [0.05, 0.1) is 6.04 Å². The number of rotatable bonds is 5. The Labute approximate surface area is 147 Å². The smallest absolute Gasteiger partial charge is 0.136 e. The van der Waals surface area contributed by atoms with Crippen LogP contribution in [0.25, 0.3) is 0 Å². The van der Waals surface area contributed by atoms with Crippen molar-refractivity contribution in [3.63, 3.8) is 0 Å². The molecular weight excluding hydrogens is 298 g/mol. The number of likely N-dealkylation sites (N-methyl/N-ethyl adjacent to an activating group) is 1. The van der Waals surface area contributed by atoms with Gasteiger partial charge in [-0.25, -0.2) is 0 Å². The number of carbonyl (C=O) groups is 1. The number of carbonyl (C=O) groups excluding carboxylic acids is 1. The maximum Gasteiger partial charge on any atom is 0.136 e. The Morgan fingerprint density at radius 3 is 1.54 bits per heavy atom. The van der Waals surface area contributed by atoms with E-state index in [0.29, 0.717) is 0 Å². The molecule has 1 atom stereocenters. The van der Waals surface area contributed by atoms with Crippen LogP contribution in [0.2, 0.25) is 0 Å². The Hall–Kier alpha value is -1.97. The molecule has 2 N–H and O–H groups in total. The maximum atomic E-state index is 9.83. The van der Waals surface area contributed by atoms with Crippen LogP contribution in [0, 0.1) is 0 Å². The second-order valence-corrected chi connectivity index (χ2v) is 4.63. The molecule has 134 valence electrons. The van der Waals surface area contributed by atoms with Crippen molar-refractivity contribution in [1.29, 1.82) is 0 Å². The highest BCUT2D eigenvalue weighted by atomic mass is 16.2. The number of nitrogens with one attached hydrogen (secondary N) is 1. The van der Waals surface area contributed by atoms with E-state index >= 15 is 0 Å². The predicted molar refractivity (Wildman–Crippen MR) is 104 cm³/mol. The minimum Gasteiger partial charge on any atom is -0.400 e. The van der Waals surface area contributed by atoms with E-state index in [9.17, 15) is 4.79 Å². The Bertz CT molecular complexity index is 434. The molecule has 2 rings (SSSR count). The number of hydrogen-bond donors (Lipinski definition) is 2. The summed E-state index contributed by atoms with van der Waals surface area (Å²) >= 11 is 0. The highest BCUT2D eigenvalue weighted by Gasteiger charge is 1.92. The van der Waals surface area contributed by atoms with Crippen LogP contribution in [0.4, 0.5) is 0 Å². The quantitative estimate of drug-likeness (QED) is 0.811. The van der Waals surface area contributed by atoms with Gasteiger partial charge in [-0.15, -0.1) is 0 Å². The Morgan fingerprint density at radius 2 is 1.29 bits per heavy atom. The van der Waals surface area contributed by atoms with Crippen LogP contribution in [0.1, 0.15) is 38.8 Å². The van der Waals surface area contributed by atoms with Gasteiger partial charge in [0.15, 0.2) is 0 Å². The molecule has 0 saturated carbocycles. The largest absolute Gasteiger partial charge is 0.400 e. The minimum absolute atomic E-state index is 0.0185. The molecule has 0 aliphatic carbocycles. The summed E-state index contributed by atoms with van der Waals surface area (Å²) in [5, 5.41) is 9.93. The van der Waals surface area contributed by atoms with E-state index < -0.39 is 0 Å². The van der Waals surface area contributed by atoms with Crippen LogP contribution in [-0.4, -0.2) is 31.1 Å². The molecule has 2 aromatic carbocycles. The van der Waals surface area contributed by atoms with Crippen molar-refractivity contribution >= 4 is 6.29 Å². The van der Waals surface area contributed by atoms with Gasteiger partial charge in [0.25, 0.3) is 0 Å². The second-order valence-electron chi connectivity index (χ2n) is 4.63. The van der Waals surface area contributed by atoms with Crippen molar-refractivity contribution in [1.82, 2.24) is 5.32 Å². The number of aliphatic hydroxyl groups excluding tert-OH is 1. The van der Waals surface area contributed by atoms with E-state index in [2.05, 4.69) is 66.0 Å². The third-order valence-corrected chi connectivity index (χ3v) is 2.82. The number of aldehydes is 1. The molecule has 0 amide bonds. The molecule has 3 heteroatoms. The lowest BCUT2D eigenvalue weighted by molar-refractivity contribution is -0.109. The molecule has 0 aliphatic rings. The Kier molecular flexibility index (Phi) is 19.3. The van der Waals surface area contributed by atoms with Crippen molar-refractivity contribution in [2.24, 2.45) is 0 Å². The molecule has 24 heavy (non-hydrogen) atoms. The fraction of sp³-hybridized carbons (Fsp3) is 0.381. The molecule has 0 fully saturated rings. The zero-order chi connectivity index (χ0) is 18.6. The van der Waals surface area contributed by atoms with Gasteiger partial charge in [-0.1, -0.05) is 81.4 Å². The van der Waals surface area contributed by atoms with E-state index in [1.165, 1.54) is 11.1 Å². The summed E-state index contributed by atoms with van der Waals surface area (Å²) in [6, 6.07) is 21.1. The lowest BCUT2D eigenvalue weighted by atomic mass is 10.1. The molecule has 0 aliphatic heterocycles. The molecule has 0 saturated heterocycles. The van der Waals surface area contributed by atoms with Crippen molar-refractivity contribution in [2.75, 3.05) is 13.7 Å². The van der Waals surface area contributed by atoms with E-state index in [4.69, 9.17) is 5.11 Å². The summed E-state index contributed by atoms with van der Waals surface area (Å²) in [7, 11) is 1.00. The van der Waals surface area contributed by atoms with E-state index in [1.54, 1.807) is 0 Å². The first-order chi connectivity index (χ1) is 11.8. The highest BCUT2D eigenvalue weighted by Crippen LogP contribution is 2.07. The van der Waals surface area contributed by atoms with Crippen LogP contribution in [0.15, 0.2) is 60.7 Å². The van der Waals surface area contributed by atoms with Crippen molar-refractivity contribution in [2.45, 2.75) is 40.2 Å². The summed E-state index contributed by atoms with van der Waals surface area (Å²) in [4.78, 5) is 9.83. The SMILES string of the molecule is CC.CCN[C@H](C)C=O.CO.c1ccc(Cc2ccccc2)cc1. The van der Waals surface area contributed by atoms with Crippen molar-refractivity contribution < 1.29 is 9.90 Å². The molecule has 0 unspecified atom stereocenters. The van der Waals surface area contributed by atoms with E-state index in [-0.39, 0.29) is 6.04 Å². The fourth-order valence-electron chi connectivity index (χ4n) is 1.80. The minimum atomic E-state index is 0.0185. The zero-order valence-corrected chi connectivity index (χ0v) is 15.7. The van der Waals surface area contributed by atoms with Gasteiger partial charge in [-0.3, -0.25) is 0 Å². The van der Waals surface area contributed by atoms with Gasteiger partial charge in [0.1, 0.15) is 6.29 Å². The van der Waals surface area contributed by atoms with E-state index in [1.807, 2.05) is 27.7 Å². The first-order valence-corrected chi connectivity index (χ1v) is 8.47. The number of hydrogen-bond acceptors (Lipinski definition) is 3. The van der Waals surface area contributed by atoms with Gasteiger partial charge in [-0.05, 0) is 31.0 Å². The normalized spacial score (nSPS) is 9.75. The fourth-order valence-corrected chi connectivity index (χ4v) is 1.80. The predicted octanol–water partition coefficient (Wildman–Crippen LogP) is 4.10. The molecule has 3 nitrogen and oxygen atoms in total. The first-order valence-electron chi connectivity index (χ1n) is 8.47. The van der Waals surface area contributed by atoms with Crippen LogP contribution in [-0.2, 0) is 11.2 Å². The molecule has 0 radical (unpaired) electrons. The standard InChI is InChI=1S/C13H12.C5H11NO.C2H6.CH4O/c1-3-7-12(8-4-1)11-13-9-5-2-6-10-13;1-3-6-5(2)4-7;2*1-2/h1-10H,11H2;4-6H,3H2,1-2H3;1-2H3;2H,1H3/t;5-;;/m.1../s1. The zero-order valence-electron chi connectivity index (χ0n) is 15.7. The summed E-state index contributed by atoms with van der Waals surface area (Å²) in [5.41, 5.74) is 2.74. The number of benzene rings is 2. The van der Waals surface area contributed by atoms with Crippen LogP contribution in [0.5, 0.6) is 0 Å². The average Bonchev–Trinajstić information content (AvgIpc) is 2.67. The summed E-state index contributed by atoms with van der Waals surface area (Å²) in [6.45, 7) is 8.66.